The number of rotatable bonds is 10. The van der Waals surface area contributed by atoms with E-state index in [2.05, 4.69) is 6.92 Å². The van der Waals surface area contributed by atoms with Crippen molar-refractivity contribution in [3.8, 4) is 0 Å². The Balaban J connectivity index is 4.11. The van der Waals surface area contributed by atoms with Crippen LogP contribution in [0, 0.1) is 5.92 Å². The Kier molecular flexibility index (Phi) is 6.56. The third-order valence-electron chi connectivity index (χ3n) is 2.40. The van der Waals surface area contributed by atoms with Crippen LogP contribution in [0.5, 0.6) is 0 Å². The van der Waals surface area contributed by atoms with Gasteiger partial charge in [0.2, 0.25) is 0 Å². The van der Waals surface area contributed by atoms with Gasteiger partial charge in [-0.1, -0.05) is 51.8 Å². The summed E-state index contributed by atoms with van der Waals surface area (Å²) in [5, 5.41) is 17.4. The second kappa shape index (κ2) is 9.19. The fourth-order valence-corrected chi connectivity index (χ4v) is 1.38. The van der Waals surface area contributed by atoms with E-state index >= 15 is 0 Å². The topological polar surface area (TPSA) is 74.6 Å². The summed E-state index contributed by atoms with van der Waals surface area (Å²) in [5.41, 5.74) is 0. The summed E-state index contributed by atoms with van der Waals surface area (Å²) < 4.78 is 15.3. The molecule has 16 heavy (non-hydrogen) atoms. The van der Waals surface area contributed by atoms with Gasteiger partial charge in [-0.3, -0.25) is 9.59 Å². The lowest BCUT2D eigenvalue weighted by atomic mass is 10.0. The van der Waals surface area contributed by atoms with Gasteiger partial charge in [0.25, 0.3) is 0 Å². The van der Waals surface area contributed by atoms with Crippen LogP contribution in [0.4, 0.5) is 0 Å². The molecule has 0 spiro atoms. The molecule has 0 rings (SSSR count). The van der Waals surface area contributed by atoms with E-state index in [1.165, 1.54) is 0 Å². The molecule has 0 aromatic heterocycles. The van der Waals surface area contributed by atoms with Crippen molar-refractivity contribution in [1.82, 2.24) is 0 Å². The van der Waals surface area contributed by atoms with E-state index in [9.17, 15) is 9.59 Å². The average Bonchev–Trinajstić information content (AvgIpc) is 2.25. The SMILES string of the molecule is [2H]C([2H])(CCCCCCC)CC(C(=O)O)C(=O)O. The van der Waals surface area contributed by atoms with Crippen molar-refractivity contribution in [3.63, 3.8) is 0 Å². The molecule has 0 saturated heterocycles. The zero-order valence-corrected chi connectivity index (χ0v) is 9.74. The van der Waals surface area contributed by atoms with E-state index in [0.29, 0.717) is 6.42 Å². The highest BCUT2D eigenvalue weighted by molar-refractivity contribution is 5.92. The second-order valence-electron chi connectivity index (χ2n) is 3.85. The lowest BCUT2D eigenvalue weighted by Gasteiger charge is -2.06. The van der Waals surface area contributed by atoms with Gasteiger partial charge >= 0.3 is 11.9 Å². The Morgan fingerprint density at radius 2 is 1.56 bits per heavy atom. The fourth-order valence-electron chi connectivity index (χ4n) is 1.38. The molecule has 0 aliphatic carbocycles. The van der Waals surface area contributed by atoms with Crippen molar-refractivity contribution in [2.45, 2.75) is 58.2 Å². The standard InChI is InChI=1S/C12H22O4/c1-2-3-4-5-6-7-8-9-10(11(13)14)12(15)16/h10H,2-9H2,1H3,(H,13,14)(H,15,16)/i8D2. The number of unbranched alkanes of at least 4 members (excludes halogenated alkanes) is 4. The van der Waals surface area contributed by atoms with Gasteiger partial charge in [0.05, 0.1) is 0 Å². The van der Waals surface area contributed by atoms with E-state index in [4.69, 9.17) is 13.0 Å². The predicted molar refractivity (Wildman–Crippen MR) is 61.4 cm³/mol. The first-order valence-electron chi connectivity index (χ1n) is 6.76. The molecule has 0 radical (unpaired) electrons. The molecule has 2 N–H and O–H groups in total. The van der Waals surface area contributed by atoms with Crippen LogP contribution in [0.1, 0.15) is 61.0 Å². The zero-order valence-electron chi connectivity index (χ0n) is 11.7. The molecule has 4 heteroatoms. The monoisotopic (exact) mass is 232 g/mol. The van der Waals surface area contributed by atoms with Crippen LogP contribution in [0.25, 0.3) is 0 Å². The third-order valence-corrected chi connectivity index (χ3v) is 2.40. The Bertz CT molecular complexity index is 265. The Morgan fingerprint density at radius 3 is 2.06 bits per heavy atom. The van der Waals surface area contributed by atoms with E-state index < -0.39 is 30.7 Å². The van der Waals surface area contributed by atoms with Gasteiger partial charge < -0.3 is 10.2 Å². The molecular formula is C12H22O4. The number of hydrogen-bond donors (Lipinski definition) is 2. The van der Waals surface area contributed by atoms with Gasteiger partial charge in [-0.2, -0.15) is 0 Å². The molecule has 0 amide bonds. The molecule has 0 bridgehead atoms. The largest absolute Gasteiger partial charge is 0.481 e. The molecule has 0 aromatic carbocycles. The van der Waals surface area contributed by atoms with Gasteiger partial charge in [0.15, 0.2) is 5.92 Å². The van der Waals surface area contributed by atoms with Gasteiger partial charge in [0, 0.05) is 2.74 Å². The normalized spacial score (nSPS) is 13.4. The summed E-state index contributed by atoms with van der Waals surface area (Å²) in [6.07, 6.45) is 2.83. The van der Waals surface area contributed by atoms with Crippen molar-refractivity contribution < 1.29 is 22.5 Å². The minimum absolute atomic E-state index is 0.216. The number of carboxylic acid groups (broad SMARTS) is 2. The highest BCUT2D eigenvalue weighted by Gasteiger charge is 2.24. The summed E-state index contributed by atoms with van der Waals surface area (Å²) in [4.78, 5) is 21.4. The van der Waals surface area contributed by atoms with Gasteiger partial charge in [0.1, 0.15) is 0 Å². The minimum atomic E-state index is -1.73. The molecule has 0 unspecified atom stereocenters. The fraction of sp³-hybridized carbons (Fsp3) is 0.833. The van der Waals surface area contributed by atoms with Crippen LogP contribution in [0.3, 0.4) is 0 Å². The van der Waals surface area contributed by atoms with Gasteiger partial charge in [-0.15, -0.1) is 0 Å². The van der Waals surface area contributed by atoms with Crippen molar-refractivity contribution >= 4 is 11.9 Å². The van der Waals surface area contributed by atoms with Crippen molar-refractivity contribution in [3.05, 3.63) is 0 Å². The van der Waals surface area contributed by atoms with Gasteiger partial charge in [-0.05, 0) is 6.42 Å². The first-order valence-corrected chi connectivity index (χ1v) is 5.76. The molecule has 0 fully saturated rings. The third kappa shape index (κ3) is 7.26. The molecular weight excluding hydrogens is 208 g/mol. The first kappa shape index (κ1) is 11.4. The molecule has 0 aromatic rings. The van der Waals surface area contributed by atoms with Gasteiger partial charge in [-0.25, -0.2) is 0 Å². The summed E-state index contributed by atoms with van der Waals surface area (Å²) in [6, 6.07) is 0. The van der Waals surface area contributed by atoms with Crippen LogP contribution >= 0.6 is 0 Å². The average molecular weight is 232 g/mol. The highest BCUT2D eigenvalue weighted by atomic mass is 16.4. The predicted octanol–water partition coefficient (Wildman–Crippen LogP) is 2.91. The summed E-state index contributed by atoms with van der Waals surface area (Å²) in [7, 11) is 0. The smallest absolute Gasteiger partial charge is 0.317 e. The lowest BCUT2D eigenvalue weighted by molar-refractivity contribution is -0.154. The number of carboxylic acids is 2. The number of hydrogen-bond acceptors (Lipinski definition) is 2. The van der Waals surface area contributed by atoms with E-state index in [-0.39, 0.29) is 6.42 Å². The van der Waals surface area contributed by atoms with Crippen LogP contribution in [0.2, 0.25) is 0 Å². The Morgan fingerprint density at radius 1 is 1.06 bits per heavy atom. The summed E-state index contributed by atoms with van der Waals surface area (Å²) >= 11 is 0. The molecule has 4 nitrogen and oxygen atoms in total. The Hall–Kier alpha value is -1.06. The zero-order chi connectivity index (χ0) is 14.2. The Labute approximate surface area is 99.5 Å². The van der Waals surface area contributed by atoms with E-state index in [1.54, 1.807) is 0 Å². The molecule has 94 valence electrons. The molecule has 0 aliphatic heterocycles. The van der Waals surface area contributed by atoms with Crippen molar-refractivity contribution in [2.24, 2.45) is 5.92 Å². The number of aliphatic carboxylic acids is 2. The summed E-state index contributed by atoms with van der Waals surface area (Å²) in [5.74, 6) is -4.61. The van der Waals surface area contributed by atoms with Crippen molar-refractivity contribution in [1.29, 1.82) is 0 Å². The molecule has 0 aliphatic rings. The first-order chi connectivity index (χ1) is 8.30. The lowest BCUT2D eigenvalue weighted by Crippen LogP contribution is -2.23. The quantitative estimate of drug-likeness (QED) is 0.448. The maximum atomic E-state index is 10.7. The minimum Gasteiger partial charge on any atom is -0.481 e. The highest BCUT2D eigenvalue weighted by Crippen LogP contribution is 2.13. The van der Waals surface area contributed by atoms with E-state index in [0.717, 1.165) is 25.7 Å². The summed E-state index contributed by atoms with van der Waals surface area (Å²) in [6.45, 7) is 2.09. The van der Waals surface area contributed by atoms with Crippen LogP contribution in [0.15, 0.2) is 0 Å². The maximum Gasteiger partial charge on any atom is 0.317 e. The second-order valence-corrected chi connectivity index (χ2v) is 3.85. The maximum absolute atomic E-state index is 10.7. The molecule has 0 heterocycles. The number of carbonyl (C=O) groups is 2. The molecule has 0 saturated carbocycles. The van der Waals surface area contributed by atoms with E-state index in [1.807, 2.05) is 0 Å². The van der Waals surface area contributed by atoms with Crippen LogP contribution < -0.4 is 0 Å². The van der Waals surface area contributed by atoms with Crippen molar-refractivity contribution in [2.75, 3.05) is 0 Å². The van der Waals surface area contributed by atoms with Crippen LogP contribution in [-0.2, 0) is 9.59 Å². The molecule has 0 atom stereocenters. The van der Waals surface area contributed by atoms with Crippen LogP contribution in [-0.4, -0.2) is 22.2 Å².